The largest absolute Gasteiger partial charge is 0.485 e. The predicted octanol–water partition coefficient (Wildman–Crippen LogP) is 2.84. The Morgan fingerprint density at radius 1 is 1.16 bits per heavy atom. The molecule has 0 amide bonds. The van der Waals surface area contributed by atoms with Crippen LogP contribution in [0, 0.1) is 0 Å². The average Bonchev–Trinajstić information content (AvgIpc) is 3.19. The number of hydrogen-bond donors (Lipinski definition) is 0. The highest BCUT2D eigenvalue weighted by molar-refractivity contribution is 7.91. The molecule has 0 unspecified atom stereocenters. The number of hydrogen-bond acceptors (Lipinski definition) is 11. The van der Waals surface area contributed by atoms with E-state index in [1.165, 1.54) is 19.5 Å². The number of pyridine rings is 1. The first-order chi connectivity index (χ1) is 17.7. The number of aromatic nitrogens is 6. The lowest BCUT2D eigenvalue weighted by Gasteiger charge is -2.25. The van der Waals surface area contributed by atoms with Crippen molar-refractivity contribution in [2.75, 3.05) is 27.4 Å². The standard InChI is InChI=1S/C23H29ClN6O6S/c1-13(2)36-19(21-26-8-15(24)9-27-21)14(3)37(31,32)12-18-28-29-22-17-6-7-25-23(34-5)20(17)35-11-16(10-33-4)30(18)22/h6-9,13-14,16,19H,10-12H2,1-5H3/t14-,16+,19+/m0/s1. The Kier molecular flexibility index (Phi) is 8.26. The van der Waals surface area contributed by atoms with Gasteiger partial charge in [-0.15, -0.1) is 10.2 Å². The van der Waals surface area contributed by atoms with Crippen LogP contribution in [0.15, 0.2) is 24.7 Å². The van der Waals surface area contributed by atoms with Gasteiger partial charge in [0.05, 0.1) is 41.7 Å². The van der Waals surface area contributed by atoms with Gasteiger partial charge in [0, 0.05) is 25.7 Å². The summed E-state index contributed by atoms with van der Waals surface area (Å²) in [5, 5.41) is 7.94. The molecule has 1 aliphatic heterocycles. The van der Waals surface area contributed by atoms with Gasteiger partial charge in [-0.05, 0) is 26.8 Å². The van der Waals surface area contributed by atoms with Gasteiger partial charge in [0.25, 0.3) is 5.88 Å². The molecule has 0 fully saturated rings. The van der Waals surface area contributed by atoms with Gasteiger partial charge in [0.2, 0.25) is 0 Å². The second-order valence-electron chi connectivity index (χ2n) is 8.80. The quantitative estimate of drug-likeness (QED) is 0.366. The molecule has 0 radical (unpaired) electrons. The number of rotatable bonds is 10. The molecule has 1 aliphatic rings. The van der Waals surface area contributed by atoms with Crippen molar-refractivity contribution in [2.45, 2.75) is 50.0 Å². The molecule has 0 aliphatic carbocycles. The first-order valence-electron chi connectivity index (χ1n) is 11.6. The SMILES string of the molecule is COC[C@@H]1COc2c(ccnc2OC)-c2nnc(CS(=O)(=O)[C@@H](C)[C@@H](OC(C)C)c3ncc(Cl)cn3)n21. The maximum atomic E-state index is 13.7. The summed E-state index contributed by atoms with van der Waals surface area (Å²) >= 11 is 5.93. The van der Waals surface area contributed by atoms with Gasteiger partial charge in [-0.3, -0.25) is 0 Å². The lowest BCUT2D eigenvalue weighted by atomic mass is 10.2. The number of fused-ring (bicyclic) bond motifs is 3. The minimum atomic E-state index is -3.84. The second kappa shape index (κ2) is 11.3. The molecule has 14 heteroatoms. The summed E-state index contributed by atoms with van der Waals surface area (Å²) in [7, 11) is -0.788. The summed E-state index contributed by atoms with van der Waals surface area (Å²) in [6.07, 6.45) is 3.20. The average molecular weight is 553 g/mol. The van der Waals surface area contributed by atoms with Crippen molar-refractivity contribution in [1.82, 2.24) is 29.7 Å². The van der Waals surface area contributed by atoms with E-state index in [9.17, 15) is 8.42 Å². The second-order valence-corrected chi connectivity index (χ2v) is 11.6. The Morgan fingerprint density at radius 2 is 1.89 bits per heavy atom. The summed E-state index contributed by atoms with van der Waals surface area (Å²) in [5.41, 5.74) is 0.588. The van der Waals surface area contributed by atoms with Crippen LogP contribution in [-0.4, -0.2) is 76.9 Å². The molecule has 37 heavy (non-hydrogen) atoms. The number of nitrogens with zero attached hydrogens (tertiary/aromatic N) is 6. The lowest BCUT2D eigenvalue weighted by molar-refractivity contribution is 0.00142. The van der Waals surface area contributed by atoms with Gasteiger partial charge in [-0.1, -0.05) is 11.6 Å². The van der Waals surface area contributed by atoms with Crippen molar-refractivity contribution in [3.05, 3.63) is 41.3 Å². The van der Waals surface area contributed by atoms with E-state index in [1.807, 2.05) is 13.8 Å². The molecule has 200 valence electrons. The van der Waals surface area contributed by atoms with Crippen LogP contribution in [-0.2, 0) is 25.1 Å². The van der Waals surface area contributed by atoms with Crippen molar-refractivity contribution >= 4 is 21.4 Å². The van der Waals surface area contributed by atoms with Crippen molar-refractivity contribution in [3.63, 3.8) is 0 Å². The van der Waals surface area contributed by atoms with Crippen molar-refractivity contribution < 1.29 is 27.4 Å². The third-order valence-corrected chi connectivity index (χ3v) is 8.09. The molecule has 4 heterocycles. The summed E-state index contributed by atoms with van der Waals surface area (Å²) in [5.74, 6) is 1.22. The summed E-state index contributed by atoms with van der Waals surface area (Å²) < 4.78 is 51.9. The monoisotopic (exact) mass is 552 g/mol. The third-order valence-electron chi connectivity index (χ3n) is 5.85. The first kappa shape index (κ1) is 27.2. The van der Waals surface area contributed by atoms with E-state index in [0.29, 0.717) is 28.0 Å². The molecule has 3 atom stereocenters. The van der Waals surface area contributed by atoms with E-state index in [0.717, 1.165) is 0 Å². The zero-order valence-electron chi connectivity index (χ0n) is 21.2. The van der Waals surface area contributed by atoms with E-state index in [2.05, 4.69) is 25.1 Å². The molecule has 12 nitrogen and oxygen atoms in total. The Bertz CT molecular complexity index is 1330. The molecule has 3 aromatic heterocycles. The van der Waals surface area contributed by atoms with Crippen molar-refractivity contribution in [3.8, 4) is 23.0 Å². The fraction of sp³-hybridized carbons (Fsp3) is 0.522. The maximum absolute atomic E-state index is 13.7. The number of sulfone groups is 1. The number of halogens is 1. The van der Waals surface area contributed by atoms with Crippen LogP contribution in [0.2, 0.25) is 5.02 Å². The van der Waals surface area contributed by atoms with Crippen LogP contribution in [0.5, 0.6) is 11.6 Å². The topological polar surface area (TPSA) is 140 Å². The van der Waals surface area contributed by atoms with Crippen LogP contribution >= 0.6 is 11.6 Å². The van der Waals surface area contributed by atoms with Crippen LogP contribution in [0.25, 0.3) is 11.4 Å². The van der Waals surface area contributed by atoms with Crippen LogP contribution in [0.1, 0.15) is 44.6 Å². The lowest BCUT2D eigenvalue weighted by Crippen LogP contribution is -2.32. The van der Waals surface area contributed by atoms with Gasteiger partial charge in [0.15, 0.2) is 27.2 Å². The Hall–Kier alpha value is -2.87. The van der Waals surface area contributed by atoms with Crippen LogP contribution in [0.3, 0.4) is 0 Å². The Balaban J connectivity index is 1.73. The highest BCUT2D eigenvalue weighted by Gasteiger charge is 2.37. The molecule has 0 spiro atoms. The molecule has 4 rings (SSSR count). The maximum Gasteiger partial charge on any atom is 0.257 e. The molecular weight excluding hydrogens is 524 g/mol. The predicted molar refractivity (Wildman–Crippen MR) is 134 cm³/mol. The van der Waals surface area contributed by atoms with E-state index in [4.69, 9.17) is 30.5 Å². The van der Waals surface area contributed by atoms with E-state index < -0.39 is 33.0 Å². The summed E-state index contributed by atoms with van der Waals surface area (Å²) in [6.45, 7) is 5.62. The van der Waals surface area contributed by atoms with Gasteiger partial charge >= 0.3 is 0 Å². The van der Waals surface area contributed by atoms with Crippen molar-refractivity contribution in [2.24, 2.45) is 0 Å². The zero-order valence-corrected chi connectivity index (χ0v) is 22.7. The molecular formula is C23H29ClN6O6S. The highest BCUT2D eigenvalue weighted by Crippen LogP contribution is 2.40. The van der Waals surface area contributed by atoms with Gasteiger partial charge < -0.3 is 23.5 Å². The van der Waals surface area contributed by atoms with E-state index in [1.54, 1.807) is 30.9 Å². The summed E-state index contributed by atoms with van der Waals surface area (Å²) in [4.78, 5) is 12.6. The van der Waals surface area contributed by atoms with Crippen LogP contribution < -0.4 is 9.47 Å². The molecule has 0 aromatic carbocycles. The molecule has 3 aromatic rings. The Labute approximate surface area is 220 Å². The van der Waals surface area contributed by atoms with Gasteiger partial charge in [0.1, 0.15) is 24.3 Å². The highest BCUT2D eigenvalue weighted by atomic mass is 35.5. The smallest absolute Gasteiger partial charge is 0.257 e. The fourth-order valence-corrected chi connectivity index (χ4v) is 5.57. The Morgan fingerprint density at radius 3 is 2.54 bits per heavy atom. The number of methoxy groups -OCH3 is 2. The normalized spacial score (nSPS) is 16.9. The van der Waals surface area contributed by atoms with E-state index in [-0.39, 0.29) is 31.0 Å². The van der Waals surface area contributed by atoms with Gasteiger partial charge in [-0.25, -0.2) is 23.4 Å². The molecule has 0 N–H and O–H groups in total. The minimum absolute atomic E-state index is 0.175. The molecule has 0 bridgehead atoms. The summed E-state index contributed by atoms with van der Waals surface area (Å²) in [6, 6.07) is 1.33. The first-order valence-corrected chi connectivity index (χ1v) is 13.7. The molecule has 0 saturated heterocycles. The molecule has 0 saturated carbocycles. The zero-order chi connectivity index (χ0) is 26.7. The fourth-order valence-electron chi connectivity index (χ4n) is 4.09. The van der Waals surface area contributed by atoms with Gasteiger partial charge in [-0.2, -0.15) is 0 Å². The minimum Gasteiger partial charge on any atom is -0.485 e. The van der Waals surface area contributed by atoms with Crippen molar-refractivity contribution in [1.29, 1.82) is 0 Å². The third kappa shape index (κ3) is 5.69. The van der Waals surface area contributed by atoms with E-state index >= 15 is 0 Å². The van der Waals surface area contributed by atoms with Crippen LogP contribution in [0.4, 0.5) is 0 Å². The number of ether oxygens (including phenoxy) is 4.